The first kappa shape index (κ1) is 21.9. The molecule has 4 amide bonds. The molecule has 9 heteroatoms. The van der Waals surface area contributed by atoms with Crippen LogP contribution in [-0.4, -0.2) is 70.0 Å². The van der Waals surface area contributed by atoms with Crippen molar-refractivity contribution >= 4 is 17.8 Å². The Kier molecular flexibility index (Phi) is 6.45. The first-order valence-corrected chi connectivity index (χ1v) is 10.9. The second-order valence-electron chi connectivity index (χ2n) is 8.19. The van der Waals surface area contributed by atoms with Crippen molar-refractivity contribution in [1.29, 1.82) is 0 Å². The van der Waals surface area contributed by atoms with Crippen molar-refractivity contribution in [3.05, 3.63) is 60.1 Å². The molecule has 0 saturated carbocycles. The average molecular weight is 440 g/mol. The van der Waals surface area contributed by atoms with Gasteiger partial charge in [-0.05, 0) is 24.1 Å². The van der Waals surface area contributed by atoms with Gasteiger partial charge in [0, 0.05) is 13.6 Å². The summed E-state index contributed by atoms with van der Waals surface area (Å²) in [5.74, 6) is 0.411. The highest BCUT2D eigenvalue weighted by Crippen LogP contribution is 2.28. The number of furan rings is 1. The molecule has 170 valence electrons. The van der Waals surface area contributed by atoms with Gasteiger partial charge in [0.05, 0.1) is 25.9 Å². The highest BCUT2D eigenvalue weighted by Gasteiger charge is 2.50. The molecule has 2 aliphatic rings. The van der Waals surface area contributed by atoms with Crippen molar-refractivity contribution in [3.63, 3.8) is 0 Å². The zero-order valence-electron chi connectivity index (χ0n) is 18.4. The van der Waals surface area contributed by atoms with Crippen molar-refractivity contribution < 1.29 is 18.8 Å². The quantitative estimate of drug-likeness (QED) is 0.744. The van der Waals surface area contributed by atoms with E-state index in [4.69, 9.17) is 4.42 Å². The fourth-order valence-electron chi connectivity index (χ4n) is 4.44. The van der Waals surface area contributed by atoms with E-state index in [1.165, 1.54) is 0 Å². The molecule has 2 fully saturated rings. The number of hydrogen-bond acceptors (Lipinski definition) is 5. The molecule has 2 saturated heterocycles. The average Bonchev–Trinajstić information content (AvgIpc) is 3.29. The van der Waals surface area contributed by atoms with Gasteiger partial charge >= 0.3 is 6.03 Å². The minimum atomic E-state index is -0.598. The summed E-state index contributed by atoms with van der Waals surface area (Å²) in [6, 6.07) is 12.3. The number of nitrogens with zero attached hydrogens (tertiary/aromatic N) is 4. The summed E-state index contributed by atoms with van der Waals surface area (Å²) in [5.41, 5.74) is 0.982. The summed E-state index contributed by atoms with van der Waals surface area (Å²) in [4.78, 5) is 42.8. The molecule has 2 aliphatic heterocycles. The SMILES string of the molecule is CCC[C@H]1C(=O)N(Cc2ccco2)C[C@H]2N1C(=O)CN(C)N2C(=O)NCc1ccccc1. The molecule has 1 aromatic heterocycles. The van der Waals surface area contributed by atoms with Gasteiger partial charge in [-0.1, -0.05) is 43.7 Å². The predicted octanol–water partition coefficient (Wildman–Crippen LogP) is 2.02. The van der Waals surface area contributed by atoms with E-state index in [-0.39, 0.29) is 30.9 Å². The number of fused-ring (bicyclic) bond motifs is 1. The Hall–Kier alpha value is -3.33. The highest BCUT2D eigenvalue weighted by molar-refractivity contribution is 5.91. The lowest BCUT2D eigenvalue weighted by Crippen LogP contribution is -2.75. The molecule has 0 aliphatic carbocycles. The molecule has 4 rings (SSSR count). The number of piperazine rings is 1. The van der Waals surface area contributed by atoms with Crippen LogP contribution in [-0.2, 0) is 22.7 Å². The Morgan fingerprint density at radius 1 is 1.16 bits per heavy atom. The second kappa shape index (κ2) is 9.44. The summed E-state index contributed by atoms with van der Waals surface area (Å²) in [6.07, 6.45) is 2.28. The lowest BCUT2D eigenvalue weighted by molar-refractivity contribution is -0.188. The number of carbonyl (C=O) groups excluding carboxylic acids is 3. The third-order valence-electron chi connectivity index (χ3n) is 5.92. The Morgan fingerprint density at radius 2 is 1.94 bits per heavy atom. The number of amides is 4. The Bertz CT molecular complexity index is 949. The van der Waals surface area contributed by atoms with Gasteiger partial charge in [-0.15, -0.1) is 0 Å². The fraction of sp³-hybridized carbons (Fsp3) is 0.435. The number of benzene rings is 1. The van der Waals surface area contributed by atoms with Crippen LogP contribution in [0.2, 0.25) is 0 Å². The molecule has 1 aromatic carbocycles. The van der Waals surface area contributed by atoms with Crippen molar-refractivity contribution in [2.45, 2.75) is 45.1 Å². The molecular weight excluding hydrogens is 410 g/mol. The van der Waals surface area contributed by atoms with Crippen molar-refractivity contribution in [2.75, 3.05) is 20.1 Å². The standard InChI is InChI=1S/C23H29N5O4/c1-3-8-19-22(30)26(14-18-11-7-12-32-18)15-20-27(19)21(29)16-25(2)28(20)23(31)24-13-17-9-5-4-6-10-17/h4-7,9-12,19-20H,3,8,13-16H2,1-2H3,(H,24,31)/t19-,20-/m0/s1. The van der Waals surface area contributed by atoms with E-state index in [2.05, 4.69) is 5.32 Å². The Labute approximate surface area is 187 Å². The fourth-order valence-corrected chi connectivity index (χ4v) is 4.44. The van der Waals surface area contributed by atoms with Gasteiger partial charge in [0.15, 0.2) is 0 Å². The van der Waals surface area contributed by atoms with Crippen LogP contribution < -0.4 is 5.32 Å². The zero-order chi connectivity index (χ0) is 22.7. The Morgan fingerprint density at radius 3 is 2.62 bits per heavy atom. The van der Waals surface area contributed by atoms with Crippen LogP contribution in [0.1, 0.15) is 31.1 Å². The van der Waals surface area contributed by atoms with Gasteiger partial charge in [0.25, 0.3) is 0 Å². The molecule has 0 bridgehead atoms. The molecular formula is C23H29N5O4. The summed E-state index contributed by atoms with van der Waals surface area (Å²) in [6.45, 7) is 2.92. The monoisotopic (exact) mass is 439 g/mol. The number of carbonyl (C=O) groups is 3. The third-order valence-corrected chi connectivity index (χ3v) is 5.92. The highest BCUT2D eigenvalue weighted by atomic mass is 16.3. The van der Waals surface area contributed by atoms with Gasteiger partial charge in [0.2, 0.25) is 11.8 Å². The number of rotatable bonds is 6. The van der Waals surface area contributed by atoms with E-state index in [0.717, 1.165) is 12.0 Å². The lowest BCUT2D eigenvalue weighted by atomic mass is 10.0. The van der Waals surface area contributed by atoms with E-state index in [1.54, 1.807) is 39.2 Å². The van der Waals surface area contributed by atoms with Crippen molar-refractivity contribution in [2.24, 2.45) is 0 Å². The molecule has 9 nitrogen and oxygen atoms in total. The number of urea groups is 1. The minimum absolute atomic E-state index is 0.0426. The van der Waals surface area contributed by atoms with Gasteiger partial charge in [-0.25, -0.2) is 14.8 Å². The number of hydrogen-bond donors (Lipinski definition) is 1. The van der Waals surface area contributed by atoms with Crippen LogP contribution in [0.3, 0.4) is 0 Å². The van der Waals surface area contributed by atoms with E-state index in [0.29, 0.717) is 25.3 Å². The van der Waals surface area contributed by atoms with Crippen LogP contribution in [0, 0.1) is 0 Å². The van der Waals surface area contributed by atoms with Crippen LogP contribution in [0.15, 0.2) is 53.1 Å². The number of likely N-dealkylation sites (N-methyl/N-ethyl adjacent to an activating group) is 1. The topological polar surface area (TPSA) is 89.3 Å². The van der Waals surface area contributed by atoms with Crippen LogP contribution in [0.5, 0.6) is 0 Å². The van der Waals surface area contributed by atoms with E-state index < -0.39 is 12.2 Å². The summed E-state index contributed by atoms with van der Waals surface area (Å²) in [7, 11) is 1.72. The molecule has 0 radical (unpaired) electrons. The van der Waals surface area contributed by atoms with E-state index >= 15 is 0 Å². The van der Waals surface area contributed by atoms with E-state index in [9.17, 15) is 14.4 Å². The van der Waals surface area contributed by atoms with Crippen LogP contribution in [0.4, 0.5) is 4.79 Å². The van der Waals surface area contributed by atoms with Crippen molar-refractivity contribution in [1.82, 2.24) is 25.1 Å². The van der Waals surface area contributed by atoms with E-state index in [1.807, 2.05) is 43.3 Å². The van der Waals surface area contributed by atoms with Gasteiger partial charge in [-0.2, -0.15) is 0 Å². The van der Waals surface area contributed by atoms with Crippen molar-refractivity contribution in [3.8, 4) is 0 Å². The maximum Gasteiger partial charge on any atom is 0.334 e. The normalized spacial score (nSPS) is 21.6. The maximum atomic E-state index is 13.3. The number of nitrogens with one attached hydrogen (secondary N) is 1. The summed E-state index contributed by atoms with van der Waals surface area (Å²) in [5, 5.41) is 6.15. The first-order chi connectivity index (χ1) is 15.5. The summed E-state index contributed by atoms with van der Waals surface area (Å²) >= 11 is 0. The smallest absolute Gasteiger partial charge is 0.334 e. The number of hydrazine groups is 1. The lowest BCUT2D eigenvalue weighted by Gasteiger charge is -2.54. The molecule has 3 heterocycles. The predicted molar refractivity (Wildman–Crippen MR) is 117 cm³/mol. The van der Waals surface area contributed by atoms with Gasteiger partial charge < -0.3 is 19.5 Å². The molecule has 1 N–H and O–H groups in total. The summed E-state index contributed by atoms with van der Waals surface area (Å²) < 4.78 is 5.44. The third kappa shape index (κ3) is 4.34. The largest absolute Gasteiger partial charge is 0.467 e. The molecule has 0 unspecified atom stereocenters. The molecule has 0 spiro atoms. The Balaban J connectivity index is 1.58. The maximum absolute atomic E-state index is 13.3. The van der Waals surface area contributed by atoms with Crippen LogP contribution in [0.25, 0.3) is 0 Å². The van der Waals surface area contributed by atoms with Gasteiger partial charge in [-0.3, -0.25) is 9.59 Å². The second-order valence-corrected chi connectivity index (χ2v) is 8.19. The van der Waals surface area contributed by atoms with Gasteiger partial charge in [0.1, 0.15) is 18.0 Å². The first-order valence-electron chi connectivity index (χ1n) is 10.9. The molecule has 2 aromatic rings. The minimum Gasteiger partial charge on any atom is -0.467 e. The molecule has 32 heavy (non-hydrogen) atoms. The molecule has 2 atom stereocenters. The zero-order valence-corrected chi connectivity index (χ0v) is 18.4. The van der Waals surface area contributed by atoms with Crippen LogP contribution >= 0.6 is 0 Å².